The van der Waals surface area contributed by atoms with E-state index in [0.29, 0.717) is 30.1 Å². The molecule has 3 aromatic rings. The zero-order valence-electron chi connectivity index (χ0n) is 18.9. The monoisotopic (exact) mass is 536 g/mol. The molecule has 0 saturated carbocycles. The van der Waals surface area contributed by atoms with Crippen LogP contribution in [-0.2, 0) is 12.8 Å². The highest BCUT2D eigenvalue weighted by molar-refractivity contribution is 9.10. The highest BCUT2D eigenvalue weighted by atomic mass is 79.9. The number of carbonyl (C=O) groups is 1. The molecule has 1 heterocycles. The SMILES string of the molecule is C#CCCOc1c(Br)cc(C=Nc2sc3c(c2C(=O)Nc2ccccc2)CCCC3)cc1OC. The fourth-order valence-corrected chi connectivity index (χ4v) is 5.70. The van der Waals surface area contributed by atoms with Gasteiger partial charge in [0.15, 0.2) is 11.5 Å². The number of carbonyl (C=O) groups excluding carboxylic acids is 1. The molecule has 4 rings (SSSR count). The van der Waals surface area contributed by atoms with Crippen molar-refractivity contribution in [3.05, 3.63) is 68.5 Å². The van der Waals surface area contributed by atoms with E-state index < -0.39 is 0 Å². The average Bonchev–Trinajstić information content (AvgIpc) is 3.23. The Morgan fingerprint density at radius 1 is 1.26 bits per heavy atom. The lowest BCUT2D eigenvalue weighted by atomic mass is 9.95. The fraction of sp³-hybridized carbons (Fsp3) is 0.259. The maximum atomic E-state index is 13.3. The highest BCUT2D eigenvalue weighted by Gasteiger charge is 2.25. The molecular weight excluding hydrogens is 512 g/mol. The second kappa shape index (κ2) is 11.4. The number of amides is 1. The largest absolute Gasteiger partial charge is 0.493 e. The summed E-state index contributed by atoms with van der Waals surface area (Å²) < 4.78 is 12.0. The van der Waals surface area contributed by atoms with Crippen molar-refractivity contribution >= 4 is 50.1 Å². The minimum absolute atomic E-state index is 0.117. The minimum atomic E-state index is -0.117. The van der Waals surface area contributed by atoms with Crippen LogP contribution in [0.1, 0.15) is 45.6 Å². The first kappa shape index (κ1) is 24.1. The molecular formula is C27H25BrN2O3S. The van der Waals surface area contributed by atoms with Crippen molar-refractivity contribution in [3.63, 3.8) is 0 Å². The van der Waals surface area contributed by atoms with Crippen molar-refractivity contribution in [1.29, 1.82) is 0 Å². The number of nitrogens with one attached hydrogen (secondary N) is 1. The van der Waals surface area contributed by atoms with Crippen molar-refractivity contribution < 1.29 is 14.3 Å². The van der Waals surface area contributed by atoms with E-state index in [0.717, 1.165) is 52.0 Å². The number of fused-ring (bicyclic) bond motifs is 1. The number of aryl methyl sites for hydroxylation is 1. The number of rotatable bonds is 8. The number of aliphatic imine (C=N–C) groups is 1. The number of benzene rings is 2. The Balaban J connectivity index is 1.64. The Morgan fingerprint density at radius 3 is 2.82 bits per heavy atom. The number of thiophene rings is 1. The van der Waals surface area contributed by atoms with Crippen molar-refractivity contribution in [2.24, 2.45) is 4.99 Å². The minimum Gasteiger partial charge on any atom is -0.493 e. The normalized spacial score (nSPS) is 12.7. The van der Waals surface area contributed by atoms with E-state index in [-0.39, 0.29) is 5.91 Å². The van der Waals surface area contributed by atoms with E-state index in [4.69, 9.17) is 20.9 Å². The van der Waals surface area contributed by atoms with Crippen molar-refractivity contribution in [2.45, 2.75) is 32.1 Å². The third-order valence-corrected chi connectivity index (χ3v) is 7.28. The molecule has 0 aliphatic heterocycles. The third kappa shape index (κ3) is 5.52. The van der Waals surface area contributed by atoms with Crippen LogP contribution in [0.15, 0.2) is 51.9 Å². The molecule has 1 amide bonds. The van der Waals surface area contributed by atoms with Gasteiger partial charge >= 0.3 is 0 Å². The van der Waals surface area contributed by atoms with Crippen LogP contribution >= 0.6 is 27.3 Å². The van der Waals surface area contributed by atoms with Gasteiger partial charge in [-0.25, -0.2) is 4.99 Å². The summed E-state index contributed by atoms with van der Waals surface area (Å²) >= 11 is 5.16. The van der Waals surface area contributed by atoms with E-state index >= 15 is 0 Å². The Kier molecular flexibility index (Phi) is 8.04. The maximum absolute atomic E-state index is 13.3. The molecule has 1 aromatic heterocycles. The van der Waals surface area contributed by atoms with Gasteiger partial charge in [-0.15, -0.1) is 23.7 Å². The fourth-order valence-electron chi connectivity index (χ4n) is 3.89. The van der Waals surface area contributed by atoms with Gasteiger partial charge in [-0.05, 0) is 77.0 Å². The second-order valence-corrected chi connectivity index (χ2v) is 9.74. The lowest BCUT2D eigenvalue weighted by Gasteiger charge is -2.13. The predicted molar refractivity (Wildman–Crippen MR) is 142 cm³/mol. The molecule has 1 aliphatic carbocycles. The second-order valence-electron chi connectivity index (χ2n) is 7.81. The van der Waals surface area contributed by atoms with Crippen molar-refractivity contribution in [1.82, 2.24) is 0 Å². The topological polar surface area (TPSA) is 59.9 Å². The number of nitrogens with zero attached hydrogens (tertiary/aromatic N) is 1. The molecule has 0 radical (unpaired) electrons. The first-order chi connectivity index (χ1) is 16.6. The van der Waals surface area contributed by atoms with Gasteiger partial charge in [0.1, 0.15) is 5.00 Å². The average molecular weight is 537 g/mol. The van der Waals surface area contributed by atoms with E-state index in [2.05, 4.69) is 27.2 Å². The molecule has 1 N–H and O–H groups in total. The van der Waals surface area contributed by atoms with Gasteiger partial charge < -0.3 is 14.8 Å². The summed E-state index contributed by atoms with van der Waals surface area (Å²) in [5.41, 5.74) is 3.41. The summed E-state index contributed by atoms with van der Waals surface area (Å²) in [6, 6.07) is 13.3. The van der Waals surface area contributed by atoms with E-state index in [1.807, 2.05) is 42.5 Å². The predicted octanol–water partition coefficient (Wildman–Crippen LogP) is 6.80. The Labute approximate surface area is 212 Å². The van der Waals surface area contributed by atoms with Crippen LogP contribution in [0.4, 0.5) is 10.7 Å². The van der Waals surface area contributed by atoms with Crippen LogP contribution in [0, 0.1) is 12.3 Å². The van der Waals surface area contributed by atoms with E-state index in [1.54, 1.807) is 24.7 Å². The van der Waals surface area contributed by atoms with E-state index in [1.165, 1.54) is 4.88 Å². The Hall–Kier alpha value is -3.08. The van der Waals surface area contributed by atoms with Gasteiger partial charge in [-0.1, -0.05) is 18.2 Å². The number of hydrogen-bond donors (Lipinski definition) is 1. The van der Waals surface area contributed by atoms with Crippen LogP contribution in [-0.4, -0.2) is 25.8 Å². The number of terminal acetylenes is 1. The molecule has 0 unspecified atom stereocenters. The number of methoxy groups -OCH3 is 1. The lowest BCUT2D eigenvalue weighted by Crippen LogP contribution is -2.14. The Morgan fingerprint density at radius 2 is 2.06 bits per heavy atom. The van der Waals surface area contributed by atoms with Gasteiger partial charge in [0, 0.05) is 23.2 Å². The highest BCUT2D eigenvalue weighted by Crippen LogP contribution is 2.41. The van der Waals surface area contributed by atoms with Crippen LogP contribution in [0.2, 0.25) is 0 Å². The first-order valence-corrected chi connectivity index (χ1v) is 12.7. The molecule has 0 bridgehead atoms. The maximum Gasteiger partial charge on any atom is 0.259 e. The summed E-state index contributed by atoms with van der Waals surface area (Å²) in [5, 5.41) is 3.75. The molecule has 0 spiro atoms. The zero-order chi connectivity index (χ0) is 23.9. The molecule has 34 heavy (non-hydrogen) atoms. The third-order valence-electron chi connectivity index (χ3n) is 5.49. The van der Waals surface area contributed by atoms with Crippen LogP contribution in [0.3, 0.4) is 0 Å². The van der Waals surface area contributed by atoms with Gasteiger partial charge in [0.25, 0.3) is 5.91 Å². The lowest BCUT2D eigenvalue weighted by molar-refractivity contribution is 0.102. The van der Waals surface area contributed by atoms with Crippen molar-refractivity contribution in [3.8, 4) is 23.8 Å². The molecule has 7 heteroatoms. The van der Waals surface area contributed by atoms with Crippen LogP contribution in [0.25, 0.3) is 0 Å². The standard InChI is InChI=1S/C27H25BrN2O3S/c1-3-4-14-33-25-21(28)15-18(16-22(25)32-2)17-29-27-24(20-12-8-9-13-23(20)34-27)26(31)30-19-10-6-5-7-11-19/h1,5-7,10-11,15-17H,4,8-9,12-14H2,2H3,(H,30,31). The first-order valence-electron chi connectivity index (χ1n) is 11.1. The van der Waals surface area contributed by atoms with E-state index in [9.17, 15) is 4.79 Å². The van der Waals surface area contributed by atoms with Gasteiger partial charge in [-0.3, -0.25) is 4.79 Å². The molecule has 2 aromatic carbocycles. The number of hydrogen-bond acceptors (Lipinski definition) is 5. The number of halogens is 1. The van der Waals surface area contributed by atoms with Crippen molar-refractivity contribution in [2.75, 3.05) is 19.0 Å². The summed E-state index contributed by atoms with van der Waals surface area (Å²) in [5.74, 6) is 3.63. The smallest absolute Gasteiger partial charge is 0.259 e. The van der Waals surface area contributed by atoms with Gasteiger partial charge in [0.2, 0.25) is 0 Å². The Bertz CT molecular complexity index is 1240. The quantitative estimate of drug-likeness (QED) is 0.195. The number of ether oxygens (including phenoxy) is 2. The molecule has 174 valence electrons. The summed E-state index contributed by atoms with van der Waals surface area (Å²) in [4.78, 5) is 19.3. The summed E-state index contributed by atoms with van der Waals surface area (Å²) in [7, 11) is 1.59. The number of anilines is 1. The van der Waals surface area contributed by atoms with Crippen LogP contribution in [0.5, 0.6) is 11.5 Å². The molecule has 5 nitrogen and oxygen atoms in total. The molecule has 0 fully saturated rings. The molecule has 1 aliphatic rings. The van der Waals surface area contributed by atoms with Crippen LogP contribution < -0.4 is 14.8 Å². The summed E-state index contributed by atoms with van der Waals surface area (Å²) in [6.07, 6.45) is 11.7. The zero-order valence-corrected chi connectivity index (χ0v) is 21.3. The van der Waals surface area contributed by atoms with Gasteiger partial charge in [-0.2, -0.15) is 0 Å². The summed E-state index contributed by atoms with van der Waals surface area (Å²) in [6.45, 7) is 0.402. The molecule has 0 saturated heterocycles. The number of para-hydroxylation sites is 1. The van der Waals surface area contributed by atoms with Gasteiger partial charge in [0.05, 0.1) is 23.8 Å². The molecule has 0 atom stereocenters.